The van der Waals surface area contributed by atoms with Crippen LogP contribution in [0.3, 0.4) is 0 Å². The number of unbranched alkanes of at least 4 members (excludes halogenated alkanes) is 1. The largest absolute Gasteiger partial charge is 0.420 e. The third kappa shape index (κ3) is 8.04. The van der Waals surface area contributed by atoms with Crippen LogP contribution in [-0.2, 0) is 4.43 Å². The molecule has 0 rings (SSSR count). The minimum atomic E-state index is -0.831. The lowest BCUT2D eigenvalue weighted by Crippen LogP contribution is -2.15. The molecule has 0 bridgehead atoms. The quantitative estimate of drug-likeness (QED) is 0.470. The molecule has 0 heterocycles. The first-order valence-electron chi connectivity index (χ1n) is 4.63. The Balaban J connectivity index is 3.02. The fraction of sp³-hybridized carbons (Fsp3) is 1.00. The first-order chi connectivity index (χ1) is 5.31. The van der Waals surface area contributed by atoms with Crippen molar-refractivity contribution >= 4 is 9.04 Å². The van der Waals surface area contributed by atoms with Crippen LogP contribution in [0.5, 0.6) is 0 Å². The zero-order valence-electron chi connectivity index (χ0n) is 7.81. The van der Waals surface area contributed by atoms with Gasteiger partial charge in [0.2, 0.25) is 0 Å². The van der Waals surface area contributed by atoms with E-state index in [0.29, 0.717) is 0 Å². The van der Waals surface area contributed by atoms with Crippen molar-refractivity contribution in [3.05, 3.63) is 0 Å². The molecule has 2 nitrogen and oxygen atoms in total. The van der Waals surface area contributed by atoms with Crippen molar-refractivity contribution in [2.75, 3.05) is 13.2 Å². The summed E-state index contributed by atoms with van der Waals surface area (Å²) in [6.45, 7) is 6.23. The van der Waals surface area contributed by atoms with Crippen molar-refractivity contribution in [3.63, 3.8) is 0 Å². The van der Waals surface area contributed by atoms with Crippen LogP contribution >= 0.6 is 0 Å². The molecule has 3 heteroatoms. The molecular weight excluding hydrogens is 154 g/mol. The predicted molar refractivity (Wildman–Crippen MR) is 52.4 cm³/mol. The van der Waals surface area contributed by atoms with E-state index in [1.165, 1.54) is 18.9 Å². The maximum atomic E-state index is 5.67. The highest BCUT2D eigenvalue weighted by atomic mass is 28.3. The van der Waals surface area contributed by atoms with E-state index in [9.17, 15) is 0 Å². The molecule has 0 aliphatic carbocycles. The van der Waals surface area contributed by atoms with E-state index < -0.39 is 9.04 Å². The van der Waals surface area contributed by atoms with Crippen molar-refractivity contribution in [2.24, 2.45) is 5.73 Å². The van der Waals surface area contributed by atoms with Gasteiger partial charge in [0, 0.05) is 6.61 Å². The van der Waals surface area contributed by atoms with Crippen molar-refractivity contribution in [1.82, 2.24) is 0 Å². The van der Waals surface area contributed by atoms with Crippen molar-refractivity contribution in [1.29, 1.82) is 0 Å². The second kappa shape index (κ2) is 8.24. The van der Waals surface area contributed by atoms with Gasteiger partial charge in [-0.2, -0.15) is 0 Å². The van der Waals surface area contributed by atoms with E-state index in [1.54, 1.807) is 0 Å². The van der Waals surface area contributed by atoms with Crippen LogP contribution in [0.15, 0.2) is 0 Å². The first-order valence-corrected chi connectivity index (χ1v) is 7.07. The molecule has 0 aliphatic heterocycles. The Morgan fingerprint density at radius 2 is 2.09 bits per heavy atom. The molecule has 1 unspecified atom stereocenters. The molecule has 2 N–H and O–H groups in total. The zero-order chi connectivity index (χ0) is 8.53. The second-order valence-electron chi connectivity index (χ2n) is 2.97. The molecule has 0 aromatic carbocycles. The molecule has 0 saturated carbocycles. The zero-order valence-corrected chi connectivity index (χ0v) is 8.96. The smallest absolute Gasteiger partial charge is 0.173 e. The van der Waals surface area contributed by atoms with Gasteiger partial charge in [0.05, 0.1) is 0 Å². The average Bonchev–Trinajstić information content (AvgIpc) is 2.01. The summed E-state index contributed by atoms with van der Waals surface area (Å²) in [5.74, 6) is 0. The molecule has 68 valence electrons. The molecule has 0 aromatic rings. The molecule has 0 aromatic heterocycles. The summed E-state index contributed by atoms with van der Waals surface area (Å²) < 4.78 is 5.67. The molecule has 0 saturated heterocycles. The predicted octanol–water partition coefficient (Wildman–Crippen LogP) is 1.51. The van der Waals surface area contributed by atoms with E-state index in [1.807, 2.05) is 0 Å². The van der Waals surface area contributed by atoms with Crippen LogP contribution in [0.25, 0.3) is 0 Å². The Kier molecular flexibility index (Phi) is 8.34. The molecule has 1 atom stereocenters. The molecule has 0 aliphatic rings. The molecule has 0 radical (unpaired) electrons. The van der Waals surface area contributed by atoms with Crippen LogP contribution in [0.4, 0.5) is 0 Å². The van der Waals surface area contributed by atoms with Crippen LogP contribution in [0.2, 0.25) is 12.6 Å². The van der Waals surface area contributed by atoms with Crippen molar-refractivity contribution in [2.45, 2.75) is 38.8 Å². The van der Waals surface area contributed by atoms with Gasteiger partial charge in [-0.25, -0.2) is 0 Å². The summed E-state index contributed by atoms with van der Waals surface area (Å²) in [5, 5.41) is 0. The van der Waals surface area contributed by atoms with Crippen molar-refractivity contribution < 1.29 is 4.43 Å². The van der Waals surface area contributed by atoms with Crippen LogP contribution in [-0.4, -0.2) is 22.2 Å². The highest BCUT2D eigenvalue weighted by molar-refractivity contribution is 6.50. The molecule has 0 fully saturated rings. The van der Waals surface area contributed by atoms with Gasteiger partial charge < -0.3 is 10.2 Å². The summed E-state index contributed by atoms with van der Waals surface area (Å²) >= 11 is 0. The molecule has 0 amide bonds. The third-order valence-electron chi connectivity index (χ3n) is 1.72. The summed E-state index contributed by atoms with van der Waals surface area (Å²) in [6.07, 6.45) is 3.58. The third-order valence-corrected chi connectivity index (χ3v) is 3.74. The van der Waals surface area contributed by atoms with Crippen LogP contribution in [0.1, 0.15) is 26.2 Å². The van der Waals surface area contributed by atoms with E-state index in [0.717, 1.165) is 19.6 Å². The van der Waals surface area contributed by atoms with E-state index >= 15 is 0 Å². The molecule has 11 heavy (non-hydrogen) atoms. The standard InChI is InChI=1S/C8H21NOSi/c1-3-4-7-10-11(2)8-5-6-9/h11H,3-9H2,1-2H3. The van der Waals surface area contributed by atoms with Gasteiger partial charge >= 0.3 is 0 Å². The van der Waals surface area contributed by atoms with Crippen molar-refractivity contribution in [3.8, 4) is 0 Å². The number of hydrogen-bond donors (Lipinski definition) is 1. The van der Waals surface area contributed by atoms with Gasteiger partial charge in [-0.3, -0.25) is 0 Å². The highest BCUT2D eigenvalue weighted by Gasteiger charge is 2.02. The summed E-state index contributed by atoms with van der Waals surface area (Å²) in [4.78, 5) is 0. The Hall–Kier alpha value is 0.137. The van der Waals surface area contributed by atoms with Gasteiger partial charge in [-0.05, 0) is 32.0 Å². The normalized spacial score (nSPS) is 13.4. The van der Waals surface area contributed by atoms with E-state index in [4.69, 9.17) is 10.2 Å². The van der Waals surface area contributed by atoms with Gasteiger partial charge in [0.25, 0.3) is 0 Å². The second-order valence-corrected chi connectivity index (χ2v) is 5.50. The SMILES string of the molecule is CCCCO[SiH](C)CCCN. The maximum Gasteiger partial charge on any atom is 0.173 e. The lowest BCUT2D eigenvalue weighted by Gasteiger charge is -2.09. The number of nitrogens with two attached hydrogens (primary N) is 1. The Morgan fingerprint density at radius 3 is 2.64 bits per heavy atom. The van der Waals surface area contributed by atoms with Gasteiger partial charge in [-0.1, -0.05) is 13.3 Å². The Labute approximate surface area is 71.8 Å². The number of rotatable bonds is 7. The van der Waals surface area contributed by atoms with Gasteiger partial charge in [0.1, 0.15) is 0 Å². The summed E-state index contributed by atoms with van der Waals surface area (Å²) in [5.41, 5.74) is 5.40. The lowest BCUT2D eigenvalue weighted by molar-refractivity contribution is 0.313. The highest BCUT2D eigenvalue weighted by Crippen LogP contribution is 1.99. The average molecular weight is 175 g/mol. The Bertz CT molecular complexity index is 80.5. The molecule has 0 spiro atoms. The van der Waals surface area contributed by atoms with Gasteiger partial charge in [-0.15, -0.1) is 0 Å². The summed E-state index contributed by atoms with van der Waals surface area (Å²) in [6, 6.07) is 1.24. The first kappa shape index (κ1) is 11.1. The van der Waals surface area contributed by atoms with Crippen LogP contribution < -0.4 is 5.73 Å². The lowest BCUT2D eigenvalue weighted by atomic mass is 10.4. The monoisotopic (exact) mass is 175 g/mol. The summed E-state index contributed by atoms with van der Waals surface area (Å²) in [7, 11) is -0.831. The minimum Gasteiger partial charge on any atom is -0.420 e. The topological polar surface area (TPSA) is 35.2 Å². The minimum absolute atomic E-state index is 0.814. The maximum absolute atomic E-state index is 5.67. The fourth-order valence-electron chi connectivity index (χ4n) is 0.917. The fourth-order valence-corrected chi connectivity index (χ4v) is 2.46. The molecular formula is C8H21NOSi. The Morgan fingerprint density at radius 1 is 1.36 bits per heavy atom. The van der Waals surface area contributed by atoms with E-state index in [2.05, 4.69) is 13.5 Å². The van der Waals surface area contributed by atoms with Gasteiger partial charge in [0.15, 0.2) is 9.04 Å². The van der Waals surface area contributed by atoms with E-state index in [-0.39, 0.29) is 0 Å². The van der Waals surface area contributed by atoms with Crippen LogP contribution in [0, 0.1) is 0 Å². The number of hydrogen-bond acceptors (Lipinski definition) is 2.